The van der Waals surface area contributed by atoms with E-state index in [1.165, 1.54) is 0 Å². The number of nitrogens with two attached hydrogens (primary N) is 1. The molecule has 1 atom stereocenters. The Morgan fingerprint density at radius 3 is 3.00 bits per heavy atom. The van der Waals surface area contributed by atoms with E-state index < -0.39 is 0 Å². The van der Waals surface area contributed by atoms with Crippen LogP contribution in [0.25, 0.3) is 0 Å². The van der Waals surface area contributed by atoms with Crippen molar-refractivity contribution in [2.24, 2.45) is 5.73 Å². The SMILES string of the molecule is NCC(NCCCO)c1ccoc1. The molecule has 13 heavy (non-hydrogen) atoms. The van der Waals surface area contributed by atoms with Gasteiger partial charge in [-0.05, 0) is 19.0 Å². The van der Waals surface area contributed by atoms with Gasteiger partial charge in [0, 0.05) is 24.8 Å². The number of hydrogen-bond donors (Lipinski definition) is 3. The van der Waals surface area contributed by atoms with Gasteiger partial charge in [-0.3, -0.25) is 0 Å². The maximum Gasteiger partial charge on any atom is 0.0950 e. The van der Waals surface area contributed by atoms with Crippen molar-refractivity contribution in [3.05, 3.63) is 24.2 Å². The molecule has 0 fully saturated rings. The maximum atomic E-state index is 8.59. The molecule has 0 aliphatic carbocycles. The topological polar surface area (TPSA) is 71.4 Å². The lowest BCUT2D eigenvalue weighted by atomic mass is 10.1. The van der Waals surface area contributed by atoms with Crippen LogP contribution >= 0.6 is 0 Å². The molecule has 0 aliphatic heterocycles. The number of nitrogens with one attached hydrogen (secondary N) is 1. The second-order valence-corrected chi connectivity index (χ2v) is 2.88. The number of furan rings is 1. The zero-order chi connectivity index (χ0) is 9.52. The fourth-order valence-corrected chi connectivity index (χ4v) is 1.17. The first kappa shape index (κ1) is 10.2. The molecule has 74 valence electrons. The van der Waals surface area contributed by atoms with Gasteiger partial charge in [0.05, 0.1) is 12.5 Å². The molecular weight excluding hydrogens is 168 g/mol. The number of aliphatic hydroxyl groups excluding tert-OH is 1. The summed E-state index contributed by atoms with van der Waals surface area (Å²) in [5.41, 5.74) is 6.64. The molecule has 0 radical (unpaired) electrons. The van der Waals surface area contributed by atoms with Gasteiger partial charge < -0.3 is 20.6 Å². The van der Waals surface area contributed by atoms with Gasteiger partial charge in [-0.2, -0.15) is 0 Å². The lowest BCUT2D eigenvalue weighted by molar-refractivity contribution is 0.283. The normalized spacial score (nSPS) is 13.1. The number of hydrogen-bond acceptors (Lipinski definition) is 4. The van der Waals surface area contributed by atoms with Crippen molar-refractivity contribution >= 4 is 0 Å². The molecule has 4 N–H and O–H groups in total. The van der Waals surface area contributed by atoms with Gasteiger partial charge in [0.2, 0.25) is 0 Å². The molecule has 0 saturated heterocycles. The van der Waals surface area contributed by atoms with Crippen LogP contribution in [0.2, 0.25) is 0 Å². The highest BCUT2D eigenvalue weighted by Gasteiger charge is 2.08. The van der Waals surface area contributed by atoms with Gasteiger partial charge >= 0.3 is 0 Å². The van der Waals surface area contributed by atoms with Crippen molar-refractivity contribution in [2.45, 2.75) is 12.5 Å². The molecule has 0 bridgehead atoms. The Morgan fingerprint density at radius 1 is 1.62 bits per heavy atom. The van der Waals surface area contributed by atoms with Crippen molar-refractivity contribution in [1.29, 1.82) is 0 Å². The third-order valence-electron chi connectivity index (χ3n) is 1.91. The van der Waals surface area contributed by atoms with E-state index in [0.29, 0.717) is 6.54 Å². The average Bonchev–Trinajstić information content (AvgIpc) is 2.65. The van der Waals surface area contributed by atoms with Gasteiger partial charge in [-0.15, -0.1) is 0 Å². The van der Waals surface area contributed by atoms with E-state index in [2.05, 4.69) is 5.32 Å². The van der Waals surface area contributed by atoms with E-state index in [1.807, 2.05) is 6.07 Å². The number of rotatable bonds is 6. The summed E-state index contributed by atoms with van der Waals surface area (Å²) in [6.07, 6.45) is 4.06. The molecule has 4 nitrogen and oxygen atoms in total. The summed E-state index contributed by atoms with van der Waals surface area (Å²) >= 11 is 0. The molecule has 0 saturated carbocycles. The Labute approximate surface area is 77.7 Å². The van der Waals surface area contributed by atoms with Crippen molar-refractivity contribution in [3.63, 3.8) is 0 Å². The lowest BCUT2D eigenvalue weighted by Gasteiger charge is -2.14. The van der Waals surface area contributed by atoms with Crippen LogP contribution < -0.4 is 11.1 Å². The summed E-state index contributed by atoms with van der Waals surface area (Å²) in [6.45, 7) is 1.50. The highest BCUT2D eigenvalue weighted by Crippen LogP contribution is 2.11. The van der Waals surface area contributed by atoms with Crippen LogP contribution in [0.1, 0.15) is 18.0 Å². The third kappa shape index (κ3) is 3.18. The van der Waals surface area contributed by atoms with E-state index in [-0.39, 0.29) is 12.6 Å². The summed E-state index contributed by atoms with van der Waals surface area (Å²) in [7, 11) is 0. The zero-order valence-corrected chi connectivity index (χ0v) is 7.57. The van der Waals surface area contributed by atoms with Gasteiger partial charge in [0.1, 0.15) is 0 Å². The zero-order valence-electron chi connectivity index (χ0n) is 7.57. The third-order valence-corrected chi connectivity index (χ3v) is 1.91. The molecule has 1 unspecified atom stereocenters. The smallest absolute Gasteiger partial charge is 0.0950 e. The standard InChI is InChI=1S/C9H16N2O2/c10-6-9(11-3-1-4-12)8-2-5-13-7-8/h2,5,7,9,11-12H,1,3-4,6,10H2. The quantitative estimate of drug-likeness (QED) is 0.554. The number of aliphatic hydroxyl groups is 1. The summed E-state index contributed by atoms with van der Waals surface area (Å²) in [6, 6.07) is 2.02. The van der Waals surface area contributed by atoms with Gasteiger partial charge in [0.25, 0.3) is 0 Å². The predicted octanol–water partition coefficient (Wildman–Crippen LogP) is 0.251. The van der Waals surface area contributed by atoms with Gasteiger partial charge in [-0.25, -0.2) is 0 Å². The van der Waals surface area contributed by atoms with Crippen LogP contribution in [-0.4, -0.2) is 24.8 Å². The van der Waals surface area contributed by atoms with E-state index in [1.54, 1.807) is 12.5 Å². The molecule has 1 aromatic heterocycles. The summed E-state index contributed by atoms with van der Waals surface area (Å²) < 4.78 is 4.96. The van der Waals surface area contributed by atoms with E-state index >= 15 is 0 Å². The van der Waals surface area contributed by atoms with E-state index in [4.69, 9.17) is 15.3 Å². The molecular formula is C9H16N2O2. The van der Waals surface area contributed by atoms with Crippen LogP contribution in [-0.2, 0) is 0 Å². The molecule has 1 heterocycles. The van der Waals surface area contributed by atoms with Gasteiger partial charge in [-0.1, -0.05) is 0 Å². The lowest BCUT2D eigenvalue weighted by Crippen LogP contribution is -2.29. The van der Waals surface area contributed by atoms with Crippen LogP contribution in [0.4, 0.5) is 0 Å². The minimum atomic E-state index is 0.130. The van der Waals surface area contributed by atoms with Crippen molar-refractivity contribution < 1.29 is 9.52 Å². The summed E-state index contributed by atoms with van der Waals surface area (Å²) in [5, 5.41) is 11.8. The fraction of sp³-hybridized carbons (Fsp3) is 0.556. The monoisotopic (exact) mass is 184 g/mol. The Bertz CT molecular complexity index is 211. The Kier molecular flexibility index (Phi) is 4.53. The van der Waals surface area contributed by atoms with Crippen LogP contribution in [0.15, 0.2) is 23.0 Å². The first-order valence-corrected chi connectivity index (χ1v) is 4.45. The second-order valence-electron chi connectivity index (χ2n) is 2.88. The Morgan fingerprint density at radius 2 is 2.46 bits per heavy atom. The van der Waals surface area contributed by atoms with Gasteiger partial charge in [0.15, 0.2) is 0 Å². The molecule has 0 spiro atoms. The largest absolute Gasteiger partial charge is 0.472 e. The maximum absolute atomic E-state index is 8.59. The van der Waals surface area contributed by atoms with Crippen molar-refractivity contribution in [1.82, 2.24) is 5.32 Å². The molecule has 4 heteroatoms. The van der Waals surface area contributed by atoms with Crippen molar-refractivity contribution in [3.8, 4) is 0 Å². The fourth-order valence-electron chi connectivity index (χ4n) is 1.17. The molecule has 1 aromatic rings. The molecule has 0 aromatic carbocycles. The van der Waals surface area contributed by atoms with Crippen molar-refractivity contribution in [2.75, 3.05) is 19.7 Å². The molecule has 1 rings (SSSR count). The average molecular weight is 184 g/mol. The first-order chi connectivity index (χ1) is 6.38. The minimum Gasteiger partial charge on any atom is -0.472 e. The minimum absolute atomic E-state index is 0.130. The van der Waals surface area contributed by atoms with Crippen LogP contribution in [0.5, 0.6) is 0 Å². The van der Waals surface area contributed by atoms with E-state index in [0.717, 1.165) is 18.5 Å². The highest BCUT2D eigenvalue weighted by molar-refractivity contribution is 5.11. The van der Waals surface area contributed by atoms with E-state index in [9.17, 15) is 0 Å². The summed E-state index contributed by atoms with van der Waals surface area (Å²) in [5.74, 6) is 0. The first-order valence-electron chi connectivity index (χ1n) is 4.45. The predicted molar refractivity (Wildman–Crippen MR) is 50.2 cm³/mol. The van der Waals surface area contributed by atoms with Crippen LogP contribution in [0, 0.1) is 0 Å². The molecule has 0 amide bonds. The summed E-state index contributed by atoms with van der Waals surface area (Å²) in [4.78, 5) is 0. The molecule has 0 aliphatic rings. The highest BCUT2D eigenvalue weighted by atomic mass is 16.3. The van der Waals surface area contributed by atoms with Crippen LogP contribution in [0.3, 0.4) is 0 Å². The Balaban J connectivity index is 2.35. The second kappa shape index (κ2) is 5.75. The Hall–Kier alpha value is -0.840.